The van der Waals surface area contributed by atoms with Crippen molar-refractivity contribution >= 4 is 94.1 Å². The summed E-state index contributed by atoms with van der Waals surface area (Å²) in [5.74, 6) is 5.91. The van der Waals surface area contributed by atoms with E-state index in [1.54, 1.807) is 144 Å². The van der Waals surface area contributed by atoms with Gasteiger partial charge in [0.2, 0.25) is 0 Å². The summed E-state index contributed by atoms with van der Waals surface area (Å²) in [6, 6.07) is 96.8. The maximum Gasteiger partial charge on any atom is 0.147 e. The molecule has 8 aromatic heterocycles. The molecule has 16 aromatic rings. The number of rotatable bonds is 24. The van der Waals surface area contributed by atoms with Gasteiger partial charge in [0.05, 0.1) is 124 Å². The SMILES string of the molecule is O.O.c1ccc(COc2c3cccc2Sc2cccc(c2OCc2ccccn2)Sc2cccc(c2OCc2ccccn2)Sc2cccc(c2OCc2ccccn2)S3)nc1.c1ccc(COc2c3cccc2Sc2cccc(c2OCc2ccccn2)Sc2cccc(c2OCc2ccccn2)Sc2cccc(c2OCc2ccccn2)S3)nc1. The molecule has 0 fully saturated rings. The molecule has 4 N–H and O–H groups in total. The maximum atomic E-state index is 6.76. The summed E-state index contributed by atoms with van der Waals surface area (Å²) in [7, 11) is 0. The molecule has 2 aliphatic heterocycles. The highest BCUT2D eigenvalue weighted by Crippen LogP contribution is 2.57. The van der Waals surface area contributed by atoms with Gasteiger partial charge in [-0.15, -0.1) is 0 Å². The van der Waals surface area contributed by atoms with Gasteiger partial charge in [-0.05, 0) is 194 Å². The lowest BCUT2D eigenvalue weighted by molar-refractivity contribution is 0.283. The third-order valence-electron chi connectivity index (χ3n) is 18.0. The molecule has 10 heterocycles. The van der Waals surface area contributed by atoms with Crippen molar-refractivity contribution in [2.24, 2.45) is 0 Å². The summed E-state index contributed by atoms with van der Waals surface area (Å²) in [6.45, 7) is 2.33. The fraction of sp³-hybridized carbons (Fsp3) is 0.0833. The first-order valence-corrected chi connectivity index (χ1v) is 44.7. The van der Waals surface area contributed by atoms with Crippen LogP contribution < -0.4 is 37.9 Å². The predicted molar refractivity (Wildman–Crippen MR) is 480 cm³/mol. The molecule has 0 radical (unpaired) electrons. The van der Waals surface area contributed by atoms with Crippen molar-refractivity contribution in [3.05, 3.63) is 386 Å². The molecule has 26 heteroatoms. The predicted octanol–water partition coefficient (Wildman–Crippen LogP) is 23.4. The van der Waals surface area contributed by atoms with E-state index in [2.05, 4.69) is 185 Å². The zero-order valence-electron chi connectivity index (χ0n) is 65.1. The molecule has 0 aliphatic carbocycles. The lowest BCUT2D eigenvalue weighted by atomic mass is 10.3. The van der Waals surface area contributed by atoms with E-state index in [1.807, 2.05) is 146 Å². The zero-order chi connectivity index (χ0) is 80.7. The zero-order valence-corrected chi connectivity index (χ0v) is 71.6. The van der Waals surface area contributed by atoms with E-state index in [0.717, 1.165) is 170 Å². The van der Waals surface area contributed by atoms with Gasteiger partial charge in [0.15, 0.2) is 0 Å². The van der Waals surface area contributed by atoms with Gasteiger partial charge < -0.3 is 48.8 Å². The van der Waals surface area contributed by atoms with Crippen LogP contribution in [0, 0.1) is 0 Å². The van der Waals surface area contributed by atoms with Crippen LogP contribution in [0.1, 0.15) is 45.6 Å². The number of ether oxygens (including phenoxy) is 8. The Morgan fingerprint density at radius 2 is 0.246 bits per heavy atom. The summed E-state index contributed by atoms with van der Waals surface area (Å²) < 4.78 is 54.1. The Labute approximate surface area is 740 Å². The normalized spacial score (nSPS) is 11.8. The average Bonchev–Trinajstić information content (AvgIpc) is 0.788. The second-order valence-corrected chi connectivity index (χ2v) is 35.0. The molecule has 8 aromatic carbocycles. The molecule has 0 atom stereocenters. The van der Waals surface area contributed by atoms with Gasteiger partial charge in [-0.3, -0.25) is 39.9 Å². The standard InChI is InChI=1S/2C48H36N4O4S4.2H2O/c2*1-5-25-49-33(13-1)29-53-45-37-17-9-18-38(45)58-40-20-11-22-42(47(40)55-31-35-15-3-7-27-51-35)60-44-24-12-23-43(48(44)56-32-36-16-4-8-28-52-36)59-41-21-10-19-39(57-37)46(41)54-30-34-14-2-6-26-50-34;;/h2*1-28H,29-32H2;2*1H2. The number of hydrogen-bond acceptors (Lipinski definition) is 24. The third-order valence-corrected chi connectivity index (χ3v) is 26.7. The summed E-state index contributed by atoms with van der Waals surface area (Å²) in [4.78, 5) is 51.3. The Bertz CT molecular complexity index is 4840. The van der Waals surface area contributed by atoms with E-state index in [1.165, 1.54) is 0 Å². The highest BCUT2D eigenvalue weighted by atomic mass is 32.2. The molecule has 0 unspecified atom stereocenters. The van der Waals surface area contributed by atoms with Crippen molar-refractivity contribution < 1.29 is 48.8 Å². The molecule has 0 saturated heterocycles. The lowest BCUT2D eigenvalue weighted by Gasteiger charge is -2.21. The van der Waals surface area contributed by atoms with Crippen LogP contribution in [0.2, 0.25) is 0 Å². The minimum Gasteiger partial charge on any atom is -0.485 e. The Balaban J connectivity index is 0.000000186. The Morgan fingerprint density at radius 3 is 0.336 bits per heavy atom. The van der Waals surface area contributed by atoms with E-state index in [4.69, 9.17) is 37.9 Å². The maximum absolute atomic E-state index is 6.76. The fourth-order valence-electron chi connectivity index (χ4n) is 12.4. The fourth-order valence-corrected chi connectivity index (χ4v) is 21.3. The quantitative estimate of drug-likeness (QED) is 0.0546. The Morgan fingerprint density at radius 1 is 0.139 bits per heavy atom. The summed E-state index contributed by atoms with van der Waals surface area (Å²) in [5.41, 5.74) is 6.62. The summed E-state index contributed by atoms with van der Waals surface area (Å²) in [6.07, 6.45) is 14.3. The first kappa shape index (κ1) is 85.1. The molecule has 0 saturated carbocycles. The molecule has 0 spiro atoms. The number of nitrogens with zero attached hydrogens (tertiary/aromatic N) is 8. The smallest absolute Gasteiger partial charge is 0.147 e. The van der Waals surface area contributed by atoms with Crippen LogP contribution in [0.5, 0.6) is 46.0 Å². The molecule has 122 heavy (non-hydrogen) atoms. The van der Waals surface area contributed by atoms with Gasteiger partial charge in [0.1, 0.15) is 98.9 Å². The largest absolute Gasteiger partial charge is 0.485 e. The highest BCUT2D eigenvalue weighted by molar-refractivity contribution is 8.02. The van der Waals surface area contributed by atoms with Gasteiger partial charge in [-0.25, -0.2) is 0 Å². The number of fused-ring (bicyclic) bond motifs is 16. The Hall–Kier alpha value is -11.9. The molecule has 608 valence electrons. The molecule has 2 aliphatic rings. The van der Waals surface area contributed by atoms with E-state index in [-0.39, 0.29) is 11.0 Å². The minimum atomic E-state index is 0. The van der Waals surface area contributed by atoms with Crippen LogP contribution in [0.3, 0.4) is 0 Å². The van der Waals surface area contributed by atoms with Crippen molar-refractivity contribution in [2.75, 3.05) is 0 Å². The van der Waals surface area contributed by atoms with Crippen molar-refractivity contribution in [3.8, 4) is 46.0 Å². The number of pyridine rings is 8. The van der Waals surface area contributed by atoms with Crippen LogP contribution in [-0.4, -0.2) is 50.8 Å². The van der Waals surface area contributed by atoms with E-state index < -0.39 is 0 Å². The molecule has 18 rings (SSSR count). The minimum absolute atomic E-state index is 0. The molecular formula is C96H76N8O10S8. The number of para-hydroxylation sites is 8. The van der Waals surface area contributed by atoms with Gasteiger partial charge in [0.25, 0.3) is 0 Å². The summed E-state index contributed by atoms with van der Waals surface area (Å²) >= 11 is 12.8. The van der Waals surface area contributed by atoms with Crippen molar-refractivity contribution in [1.29, 1.82) is 0 Å². The van der Waals surface area contributed by atoms with E-state index in [0.29, 0.717) is 52.9 Å². The van der Waals surface area contributed by atoms with Gasteiger partial charge >= 0.3 is 0 Å². The van der Waals surface area contributed by atoms with E-state index in [9.17, 15) is 0 Å². The number of aromatic nitrogens is 8. The Kier molecular flexibility index (Phi) is 30.0. The van der Waals surface area contributed by atoms with Crippen LogP contribution in [-0.2, 0) is 52.9 Å². The first-order chi connectivity index (χ1) is 59.5. The van der Waals surface area contributed by atoms with Gasteiger partial charge in [-0.1, -0.05) is 191 Å². The lowest BCUT2D eigenvalue weighted by Crippen LogP contribution is -2.03. The van der Waals surface area contributed by atoms with Gasteiger partial charge in [-0.2, -0.15) is 0 Å². The molecular weight excluding hydrogens is 1680 g/mol. The average molecular weight is 1760 g/mol. The van der Waals surface area contributed by atoms with Crippen molar-refractivity contribution in [1.82, 2.24) is 39.9 Å². The second-order valence-electron chi connectivity index (χ2n) is 26.4. The topological polar surface area (TPSA) is 240 Å². The van der Waals surface area contributed by atoms with Crippen LogP contribution in [0.4, 0.5) is 0 Å². The summed E-state index contributed by atoms with van der Waals surface area (Å²) in [5, 5.41) is 0. The molecule has 16 bridgehead atoms. The van der Waals surface area contributed by atoms with E-state index >= 15 is 0 Å². The van der Waals surface area contributed by atoms with Crippen LogP contribution in [0.25, 0.3) is 0 Å². The van der Waals surface area contributed by atoms with Crippen molar-refractivity contribution in [3.63, 3.8) is 0 Å². The number of hydrogen-bond donors (Lipinski definition) is 0. The molecule has 0 amide bonds. The number of benzene rings is 8. The molecule has 18 nitrogen and oxygen atoms in total. The van der Waals surface area contributed by atoms with Gasteiger partial charge in [0, 0.05) is 49.6 Å². The highest BCUT2D eigenvalue weighted by Gasteiger charge is 2.28. The third kappa shape index (κ3) is 22.2. The second kappa shape index (κ2) is 43.0. The van der Waals surface area contributed by atoms with Crippen LogP contribution >= 0.6 is 94.1 Å². The van der Waals surface area contributed by atoms with Crippen LogP contribution in [0.15, 0.2) is 419 Å². The van der Waals surface area contributed by atoms with Crippen molar-refractivity contribution in [2.45, 2.75) is 131 Å². The monoisotopic (exact) mass is 1760 g/mol. The first-order valence-electron chi connectivity index (χ1n) is 38.2.